The molecule has 138 valence electrons. The zero-order valence-corrected chi connectivity index (χ0v) is 16.9. The molecule has 0 spiro atoms. The van der Waals surface area contributed by atoms with Crippen molar-refractivity contribution in [1.29, 1.82) is 0 Å². The van der Waals surface area contributed by atoms with Gasteiger partial charge in [0.2, 0.25) is 0 Å². The SMILES string of the molecule is CSc1ccccc1C(=O)Nc1nc(-c2ccc(-c3ccccc3)cc2)cs1. The number of benzene rings is 3. The molecule has 0 aliphatic rings. The van der Waals surface area contributed by atoms with Gasteiger partial charge in [-0.05, 0) is 29.5 Å². The minimum absolute atomic E-state index is 0.134. The summed E-state index contributed by atoms with van der Waals surface area (Å²) in [6.45, 7) is 0. The van der Waals surface area contributed by atoms with Gasteiger partial charge in [0, 0.05) is 15.8 Å². The number of amides is 1. The minimum atomic E-state index is -0.134. The van der Waals surface area contributed by atoms with Crippen LogP contribution in [-0.2, 0) is 0 Å². The first-order valence-electron chi connectivity index (χ1n) is 8.80. The third-order valence-corrected chi connectivity index (χ3v) is 5.92. The number of thioether (sulfide) groups is 1. The van der Waals surface area contributed by atoms with Crippen LogP contribution < -0.4 is 5.32 Å². The Morgan fingerprint density at radius 2 is 1.50 bits per heavy atom. The average Bonchev–Trinajstić information content (AvgIpc) is 3.23. The number of hydrogen-bond donors (Lipinski definition) is 1. The second-order valence-corrected chi connectivity index (χ2v) is 7.84. The van der Waals surface area contributed by atoms with Crippen molar-refractivity contribution >= 4 is 34.1 Å². The van der Waals surface area contributed by atoms with Gasteiger partial charge in [-0.15, -0.1) is 23.1 Å². The van der Waals surface area contributed by atoms with Gasteiger partial charge < -0.3 is 0 Å². The Bertz CT molecular complexity index is 1090. The van der Waals surface area contributed by atoms with E-state index in [2.05, 4.69) is 46.7 Å². The van der Waals surface area contributed by atoms with Crippen molar-refractivity contribution in [1.82, 2.24) is 4.98 Å². The Morgan fingerprint density at radius 1 is 0.857 bits per heavy atom. The molecule has 0 aliphatic heterocycles. The maximum atomic E-state index is 12.6. The number of rotatable bonds is 5. The van der Waals surface area contributed by atoms with E-state index in [0.29, 0.717) is 10.7 Å². The quantitative estimate of drug-likeness (QED) is 0.390. The summed E-state index contributed by atoms with van der Waals surface area (Å²) in [5.74, 6) is -0.134. The fourth-order valence-corrected chi connectivity index (χ4v) is 4.23. The summed E-state index contributed by atoms with van der Waals surface area (Å²) in [5.41, 5.74) is 4.91. The van der Waals surface area contributed by atoms with Crippen LogP contribution in [0.2, 0.25) is 0 Å². The lowest BCUT2D eigenvalue weighted by Crippen LogP contribution is -2.12. The molecule has 0 fully saturated rings. The summed E-state index contributed by atoms with van der Waals surface area (Å²) in [6, 6.07) is 26.2. The first kappa shape index (κ1) is 18.5. The van der Waals surface area contributed by atoms with Crippen LogP contribution >= 0.6 is 23.1 Å². The largest absolute Gasteiger partial charge is 0.298 e. The highest BCUT2D eigenvalue weighted by Gasteiger charge is 2.13. The van der Waals surface area contributed by atoms with Crippen LogP contribution in [-0.4, -0.2) is 17.1 Å². The Labute approximate surface area is 172 Å². The summed E-state index contributed by atoms with van der Waals surface area (Å²) in [7, 11) is 0. The van der Waals surface area contributed by atoms with E-state index in [1.165, 1.54) is 22.5 Å². The van der Waals surface area contributed by atoms with Crippen molar-refractivity contribution in [3.63, 3.8) is 0 Å². The van der Waals surface area contributed by atoms with Crippen molar-refractivity contribution in [2.45, 2.75) is 4.90 Å². The molecule has 0 radical (unpaired) electrons. The van der Waals surface area contributed by atoms with E-state index in [0.717, 1.165) is 16.2 Å². The van der Waals surface area contributed by atoms with Crippen molar-refractivity contribution in [3.05, 3.63) is 89.8 Å². The summed E-state index contributed by atoms with van der Waals surface area (Å²) < 4.78 is 0. The molecule has 0 atom stereocenters. The van der Waals surface area contributed by atoms with E-state index in [-0.39, 0.29) is 5.91 Å². The van der Waals surface area contributed by atoms with E-state index in [4.69, 9.17) is 0 Å². The molecule has 4 aromatic rings. The molecule has 0 saturated heterocycles. The Kier molecular flexibility index (Phi) is 5.55. The maximum absolute atomic E-state index is 12.6. The number of nitrogens with zero attached hydrogens (tertiary/aromatic N) is 1. The van der Waals surface area contributed by atoms with Gasteiger partial charge in [-0.1, -0.05) is 66.7 Å². The lowest BCUT2D eigenvalue weighted by atomic mass is 10.0. The second-order valence-electron chi connectivity index (χ2n) is 6.14. The molecule has 1 N–H and O–H groups in total. The minimum Gasteiger partial charge on any atom is -0.298 e. The summed E-state index contributed by atoms with van der Waals surface area (Å²) in [4.78, 5) is 18.1. The highest BCUT2D eigenvalue weighted by Crippen LogP contribution is 2.28. The van der Waals surface area contributed by atoms with Gasteiger partial charge in [-0.2, -0.15) is 0 Å². The van der Waals surface area contributed by atoms with Gasteiger partial charge in [0.05, 0.1) is 11.3 Å². The Hall–Kier alpha value is -2.89. The number of carbonyl (C=O) groups excluding carboxylic acids is 1. The molecule has 0 aliphatic carbocycles. The van der Waals surface area contributed by atoms with Crippen molar-refractivity contribution < 1.29 is 4.79 Å². The smallest absolute Gasteiger partial charge is 0.258 e. The molecular formula is C23H18N2OS2. The zero-order chi connectivity index (χ0) is 19.3. The lowest BCUT2D eigenvalue weighted by Gasteiger charge is -2.06. The van der Waals surface area contributed by atoms with Crippen molar-refractivity contribution in [2.24, 2.45) is 0 Å². The molecule has 5 heteroatoms. The zero-order valence-electron chi connectivity index (χ0n) is 15.3. The molecular weight excluding hydrogens is 384 g/mol. The topological polar surface area (TPSA) is 42.0 Å². The molecule has 4 rings (SSSR count). The van der Waals surface area contributed by atoms with Crippen LogP contribution in [0.15, 0.2) is 89.1 Å². The number of carbonyl (C=O) groups is 1. The molecule has 3 nitrogen and oxygen atoms in total. The van der Waals surface area contributed by atoms with Crippen LogP contribution in [0.4, 0.5) is 5.13 Å². The van der Waals surface area contributed by atoms with E-state index in [1.54, 1.807) is 11.8 Å². The summed E-state index contributed by atoms with van der Waals surface area (Å²) in [6.07, 6.45) is 1.96. The van der Waals surface area contributed by atoms with E-state index >= 15 is 0 Å². The molecule has 0 saturated carbocycles. The number of aromatic nitrogens is 1. The van der Waals surface area contributed by atoms with Gasteiger partial charge in [-0.3, -0.25) is 10.1 Å². The van der Waals surface area contributed by atoms with E-state index in [9.17, 15) is 4.79 Å². The Balaban J connectivity index is 1.51. The molecule has 3 aromatic carbocycles. The Morgan fingerprint density at radius 3 is 2.25 bits per heavy atom. The van der Waals surface area contributed by atoms with Gasteiger partial charge in [0.25, 0.3) is 5.91 Å². The first-order valence-corrected chi connectivity index (χ1v) is 10.9. The number of hydrogen-bond acceptors (Lipinski definition) is 4. The molecule has 1 amide bonds. The second kappa shape index (κ2) is 8.42. The van der Waals surface area contributed by atoms with E-state index < -0.39 is 0 Å². The van der Waals surface area contributed by atoms with Crippen LogP contribution in [0.5, 0.6) is 0 Å². The molecule has 0 bridgehead atoms. The monoisotopic (exact) mass is 402 g/mol. The number of nitrogens with one attached hydrogen (secondary N) is 1. The summed E-state index contributed by atoms with van der Waals surface area (Å²) in [5, 5.41) is 5.48. The molecule has 0 unspecified atom stereocenters. The third-order valence-electron chi connectivity index (χ3n) is 4.36. The van der Waals surface area contributed by atoms with Crippen molar-refractivity contribution in [3.8, 4) is 22.4 Å². The van der Waals surface area contributed by atoms with Crippen LogP contribution in [0.25, 0.3) is 22.4 Å². The standard InChI is InChI=1S/C23H18N2OS2/c1-27-21-10-6-5-9-19(21)22(26)25-23-24-20(15-28-23)18-13-11-17(12-14-18)16-7-3-2-4-8-16/h2-15H,1H3,(H,24,25,26). The van der Waals surface area contributed by atoms with Crippen LogP contribution in [0, 0.1) is 0 Å². The molecule has 28 heavy (non-hydrogen) atoms. The van der Waals surface area contributed by atoms with Gasteiger partial charge in [0.1, 0.15) is 0 Å². The first-order chi connectivity index (χ1) is 13.7. The normalized spacial score (nSPS) is 10.6. The summed E-state index contributed by atoms with van der Waals surface area (Å²) >= 11 is 2.99. The van der Waals surface area contributed by atoms with E-state index in [1.807, 2.05) is 54.1 Å². The fraction of sp³-hybridized carbons (Fsp3) is 0.0435. The predicted molar refractivity (Wildman–Crippen MR) is 119 cm³/mol. The highest BCUT2D eigenvalue weighted by atomic mass is 32.2. The average molecular weight is 403 g/mol. The maximum Gasteiger partial charge on any atom is 0.258 e. The van der Waals surface area contributed by atoms with Crippen LogP contribution in [0.3, 0.4) is 0 Å². The predicted octanol–water partition coefficient (Wildman–Crippen LogP) is 6.45. The van der Waals surface area contributed by atoms with Gasteiger partial charge >= 0.3 is 0 Å². The third kappa shape index (κ3) is 4.01. The number of anilines is 1. The molecule has 1 aromatic heterocycles. The number of thiazole rings is 1. The molecule has 1 heterocycles. The highest BCUT2D eigenvalue weighted by molar-refractivity contribution is 7.98. The van der Waals surface area contributed by atoms with Crippen molar-refractivity contribution in [2.75, 3.05) is 11.6 Å². The van der Waals surface area contributed by atoms with Gasteiger partial charge in [0.15, 0.2) is 5.13 Å². The van der Waals surface area contributed by atoms with Crippen LogP contribution in [0.1, 0.15) is 10.4 Å². The lowest BCUT2D eigenvalue weighted by molar-refractivity contribution is 0.102. The fourth-order valence-electron chi connectivity index (χ4n) is 2.92. The van der Waals surface area contributed by atoms with Gasteiger partial charge in [-0.25, -0.2) is 4.98 Å².